The van der Waals surface area contributed by atoms with Crippen LogP contribution in [0.4, 0.5) is 5.69 Å². The van der Waals surface area contributed by atoms with E-state index in [2.05, 4.69) is 0 Å². The van der Waals surface area contributed by atoms with E-state index in [-0.39, 0.29) is 5.91 Å². The number of likely N-dealkylation sites (tertiary alicyclic amines) is 1. The maximum atomic E-state index is 12.7. The van der Waals surface area contributed by atoms with Gasteiger partial charge in [-0.15, -0.1) is 0 Å². The van der Waals surface area contributed by atoms with E-state index in [1.165, 1.54) is 0 Å². The number of nitrogen functional groups attached to an aromatic ring is 1. The van der Waals surface area contributed by atoms with Gasteiger partial charge in [-0.05, 0) is 49.3 Å². The molecule has 0 unspecified atom stereocenters. The topological polar surface area (TPSA) is 55.6 Å². The number of amides is 1. The number of ether oxygens (including phenoxy) is 1. The first-order valence-corrected chi connectivity index (χ1v) is 7.33. The van der Waals surface area contributed by atoms with Gasteiger partial charge in [0.2, 0.25) is 0 Å². The smallest absolute Gasteiger partial charge is 0.254 e. The molecule has 0 atom stereocenters. The van der Waals surface area contributed by atoms with Gasteiger partial charge >= 0.3 is 0 Å². The van der Waals surface area contributed by atoms with E-state index in [0.717, 1.165) is 56.7 Å². The third kappa shape index (κ3) is 2.40. The number of carbonyl (C=O) groups excluding carboxylic acids is 1. The highest BCUT2D eigenvalue weighted by molar-refractivity contribution is 5.96. The first kappa shape index (κ1) is 13.4. The van der Waals surface area contributed by atoms with Crippen molar-refractivity contribution in [1.82, 2.24) is 4.90 Å². The van der Waals surface area contributed by atoms with E-state index < -0.39 is 0 Å². The number of hydrogen-bond donors (Lipinski definition) is 1. The van der Waals surface area contributed by atoms with Gasteiger partial charge in [-0.2, -0.15) is 0 Å². The predicted octanol–water partition coefficient (Wildman–Crippen LogP) is 2.22. The van der Waals surface area contributed by atoms with Crippen molar-refractivity contribution in [2.75, 3.05) is 32.0 Å². The van der Waals surface area contributed by atoms with Crippen molar-refractivity contribution in [3.8, 4) is 0 Å². The van der Waals surface area contributed by atoms with Gasteiger partial charge in [0.25, 0.3) is 5.91 Å². The first-order chi connectivity index (χ1) is 9.60. The van der Waals surface area contributed by atoms with Crippen LogP contribution in [0.2, 0.25) is 0 Å². The van der Waals surface area contributed by atoms with E-state index in [9.17, 15) is 4.79 Å². The fourth-order valence-electron chi connectivity index (χ4n) is 3.36. The molecule has 20 heavy (non-hydrogen) atoms. The molecule has 1 aromatic rings. The summed E-state index contributed by atoms with van der Waals surface area (Å²) in [6, 6.07) is 5.56. The first-order valence-electron chi connectivity index (χ1n) is 7.33. The highest BCUT2D eigenvalue weighted by Crippen LogP contribution is 2.40. The lowest BCUT2D eigenvalue weighted by Gasteiger charge is -2.33. The largest absolute Gasteiger partial charge is 0.399 e. The number of rotatable bonds is 1. The third-order valence-electron chi connectivity index (χ3n) is 4.77. The van der Waals surface area contributed by atoms with Gasteiger partial charge in [-0.1, -0.05) is 6.07 Å². The summed E-state index contributed by atoms with van der Waals surface area (Å²) in [5.41, 5.74) is 8.50. The van der Waals surface area contributed by atoms with Crippen molar-refractivity contribution in [2.24, 2.45) is 5.41 Å². The Morgan fingerprint density at radius 3 is 2.80 bits per heavy atom. The molecular formula is C16H22N2O2. The summed E-state index contributed by atoms with van der Waals surface area (Å²) in [6.07, 6.45) is 3.25. The van der Waals surface area contributed by atoms with Gasteiger partial charge in [0.05, 0.1) is 0 Å². The molecule has 2 saturated heterocycles. The molecule has 0 saturated carbocycles. The normalized spacial score (nSPS) is 21.4. The minimum Gasteiger partial charge on any atom is -0.399 e. The highest BCUT2D eigenvalue weighted by Gasteiger charge is 2.41. The fraction of sp³-hybridized carbons (Fsp3) is 0.562. The Bertz CT molecular complexity index is 521. The summed E-state index contributed by atoms with van der Waals surface area (Å²) in [6.45, 7) is 5.35. The lowest BCUT2D eigenvalue weighted by atomic mass is 9.80. The van der Waals surface area contributed by atoms with Crippen molar-refractivity contribution in [2.45, 2.75) is 26.2 Å². The zero-order chi connectivity index (χ0) is 14.2. The number of aryl methyl sites for hydroxylation is 1. The summed E-state index contributed by atoms with van der Waals surface area (Å²) in [5, 5.41) is 0. The zero-order valence-electron chi connectivity index (χ0n) is 12.0. The molecule has 2 N–H and O–H groups in total. The third-order valence-corrected chi connectivity index (χ3v) is 4.77. The Morgan fingerprint density at radius 1 is 1.30 bits per heavy atom. The van der Waals surface area contributed by atoms with Crippen molar-refractivity contribution in [3.63, 3.8) is 0 Å². The van der Waals surface area contributed by atoms with Crippen LogP contribution >= 0.6 is 0 Å². The number of nitrogens with two attached hydrogens (primary N) is 1. The molecule has 2 heterocycles. The SMILES string of the molecule is Cc1ccc(N)cc1C(=O)N1CCC2(CCOCC2)C1. The van der Waals surface area contributed by atoms with Crippen LogP contribution in [0, 0.1) is 12.3 Å². The van der Waals surface area contributed by atoms with E-state index in [1.807, 2.05) is 24.0 Å². The van der Waals surface area contributed by atoms with E-state index in [1.54, 1.807) is 6.07 Å². The quantitative estimate of drug-likeness (QED) is 0.799. The molecule has 0 aliphatic carbocycles. The second-order valence-electron chi connectivity index (χ2n) is 6.16. The van der Waals surface area contributed by atoms with Crippen LogP contribution in [0.5, 0.6) is 0 Å². The maximum Gasteiger partial charge on any atom is 0.254 e. The van der Waals surface area contributed by atoms with Gasteiger partial charge in [0.15, 0.2) is 0 Å². The van der Waals surface area contributed by atoms with Gasteiger partial charge in [0, 0.05) is 37.6 Å². The van der Waals surface area contributed by atoms with Crippen molar-refractivity contribution < 1.29 is 9.53 Å². The monoisotopic (exact) mass is 274 g/mol. The summed E-state index contributed by atoms with van der Waals surface area (Å²) < 4.78 is 5.45. The molecule has 1 aromatic carbocycles. The molecule has 4 nitrogen and oxygen atoms in total. The van der Waals surface area contributed by atoms with Gasteiger partial charge in [0.1, 0.15) is 0 Å². The zero-order valence-corrected chi connectivity index (χ0v) is 12.0. The van der Waals surface area contributed by atoms with Gasteiger partial charge in [-0.25, -0.2) is 0 Å². The van der Waals surface area contributed by atoms with Gasteiger partial charge in [-0.3, -0.25) is 4.79 Å². The molecule has 3 rings (SSSR count). The number of carbonyl (C=O) groups is 1. The molecular weight excluding hydrogens is 252 g/mol. The van der Waals surface area contributed by atoms with Gasteiger partial charge < -0.3 is 15.4 Å². The minimum absolute atomic E-state index is 0.123. The molecule has 4 heteroatoms. The lowest BCUT2D eigenvalue weighted by molar-refractivity contribution is 0.0191. The second kappa shape index (κ2) is 5.09. The van der Waals surface area contributed by atoms with E-state index in [0.29, 0.717) is 11.1 Å². The lowest BCUT2D eigenvalue weighted by Crippen LogP contribution is -2.35. The Balaban J connectivity index is 1.77. The maximum absolute atomic E-state index is 12.7. The fourth-order valence-corrected chi connectivity index (χ4v) is 3.36. The summed E-state index contributed by atoms with van der Waals surface area (Å²) >= 11 is 0. The van der Waals surface area contributed by atoms with Crippen LogP contribution < -0.4 is 5.73 Å². The second-order valence-corrected chi connectivity index (χ2v) is 6.16. The number of hydrogen-bond acceptors (Lipinski definition) is 3. The van der Waals surface area contributed by atoms with Crippen LogP contribution in [-0.2, 0) is 4.74 Å². The Kier molecular flexibility index (Phi) is 3.42. The average molecular weight is 274 g/mol. The summed E-state index contributed by atoms with van der Waals surface area (Å²) in [4.78, 5) is 14.7. The molecule has 108 valence electrons. The molecule has 2 aliphatic heterocycles. The van der Waals surface area contributed by atoms with Crippen molar-refractivity contribution >= 4 is 11.6 Å². The van der Waals surface area contributed by atoms with Crippen LogP contribution in [0.1, 0.15) is 35.2 Å². The molecule has 0 bridgehead atoms. The van der Waals surface area contributed by atoms with Crippen molar-refractivity contribution in [1.29, 1.82) is 0 Å². The Labute approximate surface area is 119 Å². The summed E-state index contributed by atoms with van der Waals surface area (Å²) in [5.74, 6) is 0.123. The standard InChI is InChI=1S/C16H22N2O2/c1-12-2-3-13(17)10-14(12)15(19)18-7-4-16(11-18)5-8-20-9-6-16/h2-3,10H,4-9,11,17H2,1H3. The number of anilines is 1. The predicted molar refractivity (Wildman–Crippen MR) is 78.6 cm³/mol. The number of benzene rings is 1. The van der Waals surface area contributed by atoms with Crippen LogP contribution in [0.3, 0.4) is 0 Å². The van der Waals surface area contributed by atoms with E-state index in [4.69, 9.17) is 10.5 Å². The molecule has 1 spiro atoms. The van der Waals surface area contributed by atoms with Crippen LogP contribution in [-0.4, -0.2) is 37.1 Å². The molecule has 2 fully saturated rings. The van der Waals surface area contributed by atoms with Crippen LogP contribution in [0.15, 0.2) is 18.2 Å². The van der Waals surface area contributed by atoms with E-state index >= 15 is 0 Å². The molecule has 0 aromatic heterocycles. The number of nitrogens with zero attached hydrogens (tertiary/aromatic N) is 1. The van der Waals surface area contributed by atoms with Crippen molar-refractivity contribution in [3.05, 3.63) is 29.3 Å². The average Bonchev–Trinajstić information content (AvgIpc) is 2.85. The Morgan fingerprint density at radius 2 is 2.05 bits per heavy atom. The molecule has 0 radical (unpaired) electrons. The molecule has 2 aliphatic rings. The molecule has 1 amide bonds. The highest BCUT2D eigenvalue weighted by atomic mass is 16.5. The summed E-state index contributed by atoms with van der Waals surface area (Å²) in [7, 11) is 0. The Hall–Kier alpha value is -1.55. The van der Waals surface area contributed by atoms with Crippen LogP contribution in [0.25, 0.3) is 0 Å². The minimum atomic E-state index is 0.123.